The molecule has 0 saturated carbocycles. The zero-order valence-electron chi connectivity index (χ0n) is 16.1. The van der Waals surface area contributed by atoms with Crippen molar-refractivity contribution in [1.82, 2.24) is 4.72 Å². The van der Waals surface area contributed by atoms with Crippen molar-refractivity contribution in [3.8, 4) is 5.75 Å². The van der Waals surface area contributed by atoms with E-state index in [0.29, 0.717) is 12.3 Å². The minimum Gasteiger partial charge on any atom is -0.491 e. The fourth-order valence-electron chi connectivity index (χ4n) is 2.60. The molecular formula is C20H26N2O4S. The van der Waals surface area contributed by atoms with Crippen LogP contribution in [0.1, 0.15) is 26.3 Å². The average Bonchev–Trinajstić information content (AvgIpc) is 2.61. The van der Waals surface area contributed by atoms with Crippen molar-refractivity contribution in [3.63, 3.8) is 0 Å². The molecule has 2 aromatic rings. The summed E-state index contributed by atoms with van der Waals surface area (Å²) >= 11 is 0. The molecule has 0 spiro atoms. The Bertz CT molecular complexity index is 877. The smallest absolute Gasteiger partial charge is 0.242 e. The van der Waals surface area contributed by atoms with Crippen LogP contribution in [-0.4, -0.2) is 33.5 Å². The summed E-state index contributed by atoms with van der Waals surface area (Å²) in [5.74, 6) is 0.281. The maximum atomic E-state index is 12.5. The number of anilines is 1. The third-order valence-electron chi connectivity index (χ3n) is 3.85. The summed E-state index contributed by atoms with van der Waals surface area (Å²) in [6.45, 7) is 7.72. The maximum absolute atomic E-state index is 12.5. The number of aryl methyl sites for hydroxylation is 1. The summed E-state index contributed by atoms with van der Waals surface area (Å²) in [4.78, 5) is 14.2. The van der Waals surface area contributed by atoms with E-state index in [0.717, 1.165) is 11.3 Å². The van der Waals surface area contributed by atoms with E-state index in [-0.39, 0.29) is 23.5 Å². The van der Waals surface area contributed by atoms with Crippen molar-refractivity contribution in [3.05, 3.63) is 54.1 Å². The van der Waals surface area contributed by atoms with Gasteiger partial charge in [0.2, 0.25) is 15.9 Å². The van der Waals surface area contributed by atoms with Crippen LogP contribution in [0.4, 0.5) is 5.69 Å². The normalized spacial score (nSPS) is 11.4. The maximum Gasteiger partial charge on any atom is 0.242 e. The summed E-state index contributed by atoms with van der Waals surface area (Å²) in [6, 6.07) is 13.6. The Labute approximate surface area is 161 Å². The number of benzene rings is 2. The lowest BCUT2D eigenvalue weighted by atomic mass is 10.2. The van der Waals surface area contributed by atoms with Gasteiger partial charge in [-0.2, -0.15) is 0 Å². The number of rotatable bonds is 8. The molecule has 146 valence electrons. The Balaban J connectivity index is 2.06. The van der Waals surface area contributed by atoms with Gasteiger partial charge in [0.1, 0.15) is 5.75 Å². The van der Waals surface area contributed by atoms with E-state index >= 15 is 0 Å². The molecule has 2 rings (SSSR count). The van der Waals surface area contributed by atoms with Crippen LogP contribution in [0, 0.1) is 6.92 Å². The molecule has 0 radical (unpaired) electrons. The quantitative estimate of drug-likeness (QED) is 0.751. The molecule has 0 aliphatic rings. The van der Waals surface area contributed by atoms with E-state index in [4.69, 9.17) is 4.74 Å². The molecule has 0 fully saturated rings. The number of likely N-dealkylation sites (N-methyl/N-ethyl adjacent to an activating group) is 1. The van der Waals surface area contributed by atoms with Crippen LogP contribution in [0.2, 0.25) is 0 Å². The van der Waals surface area contributed by atoms with Crippen molar-refractivity contribution in [1.29, 1.82) is 0 Å². The Morgan fingerprint density at radius 2 is 1.81 bits per heavy atom. The van der Waals surface area contributed by atoms with Gasteiger partial charge in [-0.15, -0.1) is 0 Å². The minimum atomic E-state index is -3.79. The van der Waals surface area contributed by atoms with Gasteiger partial charge in [-0.3, -0.25) is 4.79 Å². The number of hydrogen-bond donors (Lipinski definition) is 1. The third-order valence-corrected chi connectivity index (χ3v) is 5.27. The van der Waals surface area contributed by atoms with Crippen molar-refractivity contribution < 1.29 is 17.9 Å². The van der Waals surface area contributed by atoms with Crippen molar-refractivity contribution in [2.75, 3.05) is 18.0 Å². The van der Waals surface area contributed by atoms with Crippen molar-refractivity contribution in [2.24, 2.45) is 0 Å². The first kappa shape index (κ1) is 20.9. The predicted molar refractivity (Wildman–Crippen MR) is 107 cm³/mol. The van der Waals surface area contributed by atoms with Crippen LogP contribution in [-0.2, 0) is 14.8 Å². The van der Waals surface area contributed by atoms with Gasteiger partial charge in [-0.05, 0) is 69.7 Å². The van der Waals surface area contributed by atoms with Crippen LogP contribution in [0.25, 0.3) is 0 Å². The lowest BCUT2D eigenvalue weighted by Crippen LogP contribution is -2.40. The lowest BCUT2D eigenvalue weighted by molar-refractivity contribution is -0.117. The van der Waals surface area contributed by atoms with Gasteiger partial charge < -0.3 is 9.64 Å². The number of nitrogens with one attached hydrogen (secondary N) is 1. The second kappa shape index (κ2) is 9.01. The van der Waals surface area contributed by atoms with E-state index in [9.17, 15) is 13.2 Å². The topological polar surface area (TPSA) is 75.7 Å². The predicted octanol–water partition coefficient (Wildman–Crippen LogP) is 3.11. The molecule has 0 aliphatic carbocycles. The molecule has 0 aromatic heterocycles. The number of carbonyl (C=O) groups is 1. The van der Waals surface area contributed by atoms with Gasteiger partial charge in [-0.1, -0.05) is 12.1 Å². The van der Waals surface area contributed by atoms with Gasteiger partial charge in [0.05, 0.1) is 17.5 Å². The molecule has 0 bridgehead atoms. The monoisotopic (exact) mass is 390 g/mol. The number of sulfonamides is 1. The highest BCUT2D eigenvalue weighted by Crippen LogP contribution is 2.18. The molecular weight excluding hydrogens is 364 g/mol. The second-order valence-electron chi connectivity index (χ2n) is 6.44. The number of ether oxygens (including phenoxy) is 1. The molecule has 6 nitrogen and oxygen atoms in total. The molecule has 27 heavy (non-hydrogen) atoms. The fourth-order valence-corrected chi connectivity index (χ4v) is 3.58. The first-order valence-electron chi connectivity index (χ1n) is 8.86. The van der Waals surface area contributed by atoms with Crippen LogP contribution in [0.5, 0.6) is 5.75 Å². The van der Waals surface area contributed by atoms with Gasteiger partial charge in [0.25, 0.3) is 0 Å². The Morgan fingerprint density at radius 1 is 1.15 bits per heavy atom. The Morgan fingerprint density at radius 3 is 2.37 bits per heavy atom. The second-order valence-corrected chi connectivity index (χ2v) is 8.21. The van der Waals surface area contributed by atoms with Crippen LogP contribution >= 0.6 is 0 Å². The van der Waals surface area contributed by atoms with Crippen LogP contribution in [0.15, 0.2) is 53.4 Å². The lowest BCUT2D eigenvalue weighted by Gasteiger charge is -2.21. The summed E-state index contributed by atoms with van der Waals surface area (Å²) in [5, 5.41) is 0. The van der Waals surface area contributed by atoms with Crippen molar-refractivity contribution >= 4 is 21.6 Å². The van der Waals surface area contributed by atoms with Gasteiger partial charge >= 0.3 is 0 Å². The van der Waals surface area contributed by atoms with E-state index in [1.807, 2.05) is 52.0 Å². The zero-order valence-corrected chi connectivity index (χ0v) is 16.9. The highest BCUT2D eigenvalue weighted by molar-refractivity contribution is 7.89. The molecule has 0 aliphatic heterocycles. The number of hydrogen-bond acceptors (Lipinski definition) is 4. The summed E-state index contributed by atoms with van der Waals surface area (Å²) < 4.78 is 32.8. The third kappa shape index (κ3) is 5.80. The summed E-state index contributed by atoms with van der Waals surface area (Å²) in [6.07, 6.45) is 0.00449. The highest BCUT2D eigenvalue weighted by atomic mass is 32.2. The largest absolute Gasteiger partial charge is 0.491 e. The van der Waals surface area contributed by atoms with Crippen molar-refractivity contribution in [2.45, 2.75) is 38.7 Å². The first-order valence-corrected chi connectivity index (χ1v) is 10.3. The number of amides is 1. The Hall–Kier alpha value is -2.38. The summed E-state index contributed by atoms with van der Waals surface area (Å²) in [7, 11) is -3.79. The SMILES string of the molecule is CCN(C(=O)CNS(=O)(=O)c1ccc(OC(C)C)cc1)c1cccc(C)c1. The zero-order chi connectivity index (χ0) is 20.0. The average molecular weight is 391 g/mol. The van der Waals surface area contributed by atoms with Gasteiger partial charge in [0, 0.05) is 12.2 Å². The molecule has 0 heterocycles. The van der Waals surface area contributed by atoms with Gasteiger partial charge in [-0.25, -0.2) is 13.1 Å². The molecule has 0 atom stereocenters. The standard InChI is InChI=1S/C20H26N2O4S/c1-5-22(17-8-6-7-16(4)13-17)20(23)14-21-27(24,25)19-11-9-18(10-12-19)26-15(2)3/h6-13,15,21H,5,14H2,1-4H3. The molecule has 0 unspecified atom stereocenters. The summed E-state index contributed by atoms with van der Waals surface area (Å²) in [5.41, 5.74) is 1.78. The first-order chi connectivity index (χ1) is 12.7. The van der Waals surface area contributed by atoms with E-state index in [2.05, 4.69) is 4.72 Å². The van der Waals surface area contributed by atoms with Gasteiger partial charge in [0.15, 0.2) is 0 Å². The highest BCUT2D eigenvalue weighted by Gasteiger charge is 2.19. The molecule has 7 heteroatoms. The molecule has 2 aromatic carbocycles. The van der Waals surface area contributed by atoms with E-state index in [1.54, 1.807) is 17.0 Å². The van der Waals surface area contributed by atoms with E-state index in [1.165, 1.54) is 12.1 Å². The fraction of sp³-hybridized carbons (Fsp3) is 0.350. The Kier molecular flexibility index (Phi) is 6.98. The molecule has 1 amide bonds. The van der Waals surface area contributed by atoms with E-state index < -0.39 is 10.0 Å². The van der Waals surface area contributed by atoms with Crippen LogP contribution in [0.3, 0.4) is 0 Å². The number of nitrogens with zero attached hydrogens (tertiary/aromatic N) is 1. The molecule has 1 N–H and O–H groups in total. The molecule has 0 saturated heterocycles. The minimum absolute atomic E-state index is 0.00449. The number of carbonyl (C=O) groups excluding carboxylic acids is 1. The van der Waals surface area contributed by atoms with Crippen LogP contribution < -0.4 is 14.4 Å².